The Morgan fingerprint density at radius 3 is 2.70 bits per heavy atom. The van der Waals surface area contributed by atoms with Gasteiger partial charge in [-0.15, -0.1) is 0 Å². The molecule has 0 fully saturated rings. The van der Waals surface area contributed by atoms with Crippen LogP contribution in [0.15, 0.2) is 36.2 Å². The van der Waals surface area contributed by atoms with Gasteiger partial charge in [0.2, 0.25) is 0 Å². The molecule has 1 aliphatic heterocycles. The Labute approximate surface area is 115 Å². The van der Waals surface area contributed by atoms with Gasteiger partial charge in [0, 0.05) is 19.0 Å². The van der Waals surface area contributed by atoms with E-state index in [0.29, 0.717) is 10.8 Å². The molecule has 7 heteroatoms. The lowest BCUT2D eigenvalue weighted by Crippen LogP contribution is -2.43. The van der Waals surface area contributed by atoms with Crippen LogP contribution >= 0.6 is 0 Å². The van der Waals surface area contributed by atoms with Crippen molar-refractivity contribution in [3.8, 4) is 0 Å². The van der Waals surface area contributed by atoms with E-state index in [1.165, 1.54) is 24.2 Å². The van der Waals surface area contributed by atoms with Crippen molar-refractivity contribution >= 4 is 0 Å². The van der Waals surface area contributed by atoms with Crippen molar-refractivity contribution in [1.29, 1.82) is 0 Å². The van der Waals surface area contributed by atoms with Crippen LogP contribution in [0.25, 0.3) is 0 Å². The van der Waals surface area contributed by atoms with E-state index in [4.69, 9.17) is 4.74 Å². The molecule has 1 aliphatic carbocycles. The topological polar surface area (TPSA) is 38.8 Å². The maximum Gasteiger partial charge on any atom is 0.397 e. The zero-order valence-corrected chi connectivity index (χ0v) is 11.2. The molecule has 0 amide bonds. The number of allylic oxidation sites excluding steroid dienone is 3. The second-order valence-electron chi connectivity index (χ2n) is 5.09. The number of rotatable bonds is 2. The summed E-state index contributed by atoms with van der Waals surface area (Å²) < 4.78 is 44.1. The number of halogens is 3. The number of nitrogens with zero attached hydrogens (tertiary/aromatic N) is 2. The van der Waals surface area contributed by atoms with Crippen LogP contribution in [0.5, 0.6) is 0 Å². The molecule has 0 bridgehead atoms. The van der Waals surface area contributed by atoms with Crippen LogP contribution in [-0.2, 0) is 4.74 Å². The minimum Gasteiger partial charge on any atom is -0.782 e. The highest BCUT2D eigenvalue weighted by molar-refractivity contribution is 5.29. The van der Waals surface area contributed by atoms with Crippen molar-refractivity contribution < 1.29 is 17.9 Å². The lowest BCUT2D eigenvalue weighted by atomic mass is 9.82. The van der Waals surface area contributed by atoms with E-state index < -0.39 is 17.8 Å². The zero-order chi connectivity index (χ0) is 15.0. The Bertz CT molecular complexity index is 459. The third-order valence-electron chi connectivity index (χ3n) is 3.52. The fourth-order valence-corrected chi connectivity index (χ4v) is 2.15. The fourth-order valence-electron chi connectivity index (χ4n) is 2.15. The summed E-state index contributed by atoms with van der Waals surface area (Å²) in [6.45, 7) is 1.08. The van der Waals surface area contributed by atoms with Gasteiger partial charge in [-0.25, -0.2) is 0 Å². The smallest absolute Gasteiger partial charge is 0.397 e. The highest BCUT2D eigenvalue weighted by atomic mass is 19.4. The molecule has 0 N–H and O–H groups in total. The van der Waals surface area contributed by atoms with Crippen molar-refractivity contribution in [3.05, 3.63) is 41.4 Å². The second-order valence-corrected chi connectivity index (χ2v) is 5.09. The maximum absolute atomic E-state index is 13.1. The Kier molecular flexibility index (Phi) is 3.95. The Morgan fingerprint density at radius 1 is 1.45 bits per heavy atom. The summed E-state index contributed by atoms with van der Waals surface area (Å²) >= 11 is 0. The van der Waals surface area contributed by atoms with Gasteiger partial charge in [0.25, 0.3) is 0 Å². The molecule has 2 atom stereocenters. The summed E-state index contributed by atoms with van der Waals surface area (Å²) in [5.74, 6) is 0. The number of ether oxygens (including phenoxy) is 1. The lowest BCUT2D eigenvalue weighted by molar-refractivity contribution is -0.199. The van der Waals surface area contributed by atoms with Gasteiger partial charge in [-0.3, -0.25) is 0 Å². The monoisotopic (exact) mass is 289 g/mol. The predicted molar refractivity (Wildman–Crippen MR) is 67.9 cm³/mol. The van der Waals surface area contributed by atoms with Gasteiger partial charge in [-0.1, -0.05) is 6.08 Å². The highest BCUT2D eigenvalue weighted by Crippen LogP contribution is 2.45. The summed E-state index contributed by atoms with van der Waals surface area (Å²) in [5.41, 5.74) is -1.54. The van der Waals surface area contributed by atoms with Gasteiger partial charge < -0.3 is 19.9 Å². The summed E-state index contributed by atoms with van der Waals surface area (Å²) in [6, 6.07) is 0. The first-order valence-electron chi connectivity index (χ1n) is 6.14. The third kappa shape index (κ3) is 2.74. The van der Waals surface area contributed by atoms with Gasteiger partial charge in [-0.2, -0.15) is 13.2 Å². The van der Waals surface area contributed by atoms with E-state index in [-0.39, 0.29) is 13.1 Å². The van der Waals surface area contributed by atoms with E-state index in [2.05, 4.69) is 0 Å². The number of methoxy groups -OCH3 is 1. The average Bonchev–Trinajstić information content (AvgIpc) is 2.37. The number of alkyl halides is 3. The molecule has 2 aliphatic rings. The van der Waals surface area contributed by atoms with E-state index in [1.54, 1.807) is 12.3 Å². The molecule has 2 unspecified atom stereocenters. The number of hydroxylamine groups is 2. The van der Waals surface area contributed by atoms with E-state index >= 15 is 0 Å². The normalized spacial score (nSPS) is 31.6. The molecule has 2 rings (SSSR count). The molecule has 0 saturated heterocycles. The Hall–Kier alpha value is -1.31. The quantitative estimate of drug-likeness (QED) is 0.783. The first-order chi connectivity index (χ1) is 9.27. The molecule has 0 spiro atoms. The maximum atomic E-state index is 13.1. The molecule has 0 aromatic heterocycles. The van der Waals surface area contributed by atoms with Crippen molar-refractivity contribution in [3.63, 3.8) is 0 Å². The molecule has 0 aromatic carbocycles. The molecule has 4 nitrogen and oxygen atoms in total. The first kappa shape index (κ1) is 15.1. The largest absolute Gasteiger partial charge is 0.782 e. The lowest BCUT2D eigenvalue weighted by Gasteiger charge is -2.43. The SMILES string of the molecule is COC1C=CN(C2=CC(C)(C(F)(F)F)CC=C2)CN1[O-]. The zero-order valence-electron chi connectivity index (χ0n) is 11.2. The Balaban J connectivity index is 2.23. The van der Waals surface area contributed by atoms with Crippen LogP contribution in [0.2, 0.25) is 0 Å². The molecular weight excluding hydrogens is 273 g/mol. The van der Waals surface area contributed by atoms with Gasteiger partial charge >= 0.3 is 6.18 Å². The van der Waals surface area contributed by atoms with E-state index in [0.717, 1.165) is 13.0 Å². The van der Waals surface area contributed by atoms with E-state index in [9.17, 15) is 18.4 Å². The first-order valence-corrected chi connectivity index (χ1v) is 6.14. The van der Waals surface area contributed by atoms with Crippen LogP contribution in [0.1, 0.15) is 13.3 Å². The van der Waals surface area contributed by atoms with Crippen molar-refractivity contribution in [2.75, 3.05) is 13.8 Å². The van der Waals surface area contributed by atoms with Crippen molar-refractivity contribution in [2.24, 2.45) is 5.41 Å². The van der Waals surface area contributed by atoms with Crippen LogP contribution in [0, 0.1) is 10.6 Å². The molecule has 112 valence electrons. The Morgan fingerprint density at radius 2 is 2.15 bits per heavy atom. The van der Waals surface area contributed by atoms with Gasteiger partial charge in [0.05, 0.1) is 12.1 Å². The van der Waals surface area contributed by atoms with Crippen LogP contribution in [0.4, 0.5) is 13.2 Å². The summed E-state index contributed by atoms with van der Waals surface area (Å²) in [6.07, 6.45) is 2.19. The van der Waals surface area contributed by atoms with Crippen molar-refractivity contribution in [1.82, 2.24) is 9.96 Å². The average molecular weight is 289 g/mol. The number of hydrogen-bond donors (Lipinski definition) is 0. The van der Waals surface area contributed by atoms with Crippen LogP contribution in [0.3, 0.4) is 0 Å². The van der Waals surface area contributed by atoms with Gasteiger partial charge in [0.1, 0.15) is 6.23 Å². The minimum atomic E-state index is -4.32. The van der Waals surface area contributed by atoms with E-state index in [1.807, 2.05) is 0 Å². The standard InChI is InChI=1S/C13H16F3N2O2/c1-12(13(14,15)16)6-3-4-10(8-12)17-7-5-11(20-2)18(19)9-17/h3-5,7-8,11H,6,9H2,1-2H3/q-1. The molecular formula is C13H16F3N2O2-. The summed E-state index contributed by atoms with van der Waals surface area (Å²) in [7, 11) is 1.40. The fraction of sp³-hybridized carbons (Fsp3) is 0.538. The van der Waals surface area contributed by atoms with Crippen LogP contribution < -0.4 is 0 Å². The predicted octanol–water partition coefficient (Wildman–Crippen LogP) is 2.96. The second kappa shape index (κ2) is 5.23. The summed E-state index contributed by atoms with van der Waals surface area (Å²) in [4.78, 5) is 1.47. The minimum absolute atomic E-state index is 0.0703. The van der Waals surface area contributed by atoms with Crippen LogP contribution in [-0.4, -0.2) is 36.1 Å². The molecule has 0 radical (unpaired) electrons. The van der Waals surface area contributed by atoms with Gasteiger partial charge in [0.15, 0.2) is 0 Å². The molecule has 0 saturated carbocycles. The number of hydrogen-bond acceptors (Lipinski definition) is 4. The third-order valence-corrected chi connectivity index (χ3v) is 3.52. The van der Waals surface area contributed by atoms with Crippen molar-refractivity contribution in [2.45, 2.75) is 25.7 Å². The molecule has 1 heterocycles. The van der Waals surface area contributed by atoms with Gasteiger partial charge in [-0.05, 0) is 31.6 Å². The molecule has 0 aromatic rings. The summed E-state index contributed by atoms with van der Waals surface area (Å²) in [5, 5.41) is 12.3. The molecule has 20 heavy (non-hydrogen) atoms. The highest BCUT2D eigenvalue weighted by Gasteiger charge is 2.49.